The van der Waals surface area contributed by atoms with Crippen molar-refractivity contribution in [2.24, 2.45) is 0 Å². The minimum atomic E-state index is 0.211. The number of rotatable bonds is 2. The van der Waals surface area contributed by atoms with Crippen LogP contribution in [0.3, 0.4) is 0 Å². The van der Waals surface area contributed by atoms with Crippen LogP contribution >= 0.6 is 34.5 Å². The summed E-state index contributed by atoms with van der Waals surface area (Å²) in [4.78, 5) is 0.997. The molecule has 3 rings (SSSR count). The highest BCUT2D eigenvalue weighted by Gasteiger charge is 2.23. The topological polar surface area (TPSA) is 52.0 Å². The molecule has 0 radical (unpaired) electrons. The Kier molecular flexibility index (Phi) is 3.46. The normalized spacial score (nSPS) is 10.9. The molecule has 0 aliphatic carbocycles. The maximum absolute atomic E-state index is 6.26. The van der Waals surface area contributed by atoms with E-state index in [-0.39, 0.29) is 5.88 Å². The van der Waals surface area contributed by atoms with Gasteiger partial charge in [-0.25, -0.2) is 0 Å². The summed E-state index contributed by atoms with van der Waals surface area (Å²) >= 11 is 14.1. The zero-order chi connectivity index (χ0) is 14.3. The van der Waals surface area contributed by atoms with Crippen LogP contribution in [0.2, 0.25) is 10.0 Å². The molecule has 0 atom stereocenters. The van der Waals surface area contributed by atoms with Crippen LogP contribution in [0.5, 0.6) is 0 Å². The van der Waals surface area contributed by atoms with E-state index in [0.717, 1.165) is 10.4 Å². The molecule has 0 unspecified atom stereocenters. The number of nitrogen functional groups attached to an aromatic ring is 1. The van der Waals surface area contributed by atoms with Crippen LogP contribution in [0.15, 0.2) is 34.2 Å². The molecule has 0 fully saturated rings. The predicted molar refractivity (Wildman–Crippen MR) is 84.4 cm³/mol. The maximum atomic E-state index is 6.26. The SMILES string of the molecule is Cc1ccsc1-c1noc(N)c1-c1c(Cl)cccc1Cl. The van der Waals surface area contributed by atoms with E-state index >= 15 is 0 Å². The van der Waals surface area contributed by atoms with Crippen LogP contribution < -0.4 is 5.73 Å². The van der Waals surface area contributed by atoms with Crippen molar-refractivity contribution in [2.45, 2.75) is 6.92 Å². The third kappa shape index (κ3) is 2.10. The molecular formula is C14H10Cl2N2OS. The lowest BCUT2D eigenvalue weighted by atomic mass is 10.0. The van der Waals surface area contributed by atoms with E-state index in [9.17, 15) is 0 Å². The van der Waals surface area contributed by atoms with Gasteiger partial charge in [0.2, 0.25) is 5.88 Å². The predicted octanol–water partition coefficient (Wildman–Crippen LogP) is 5.27. The lowest BCUT2D eigenvalue weighted by molar-refractivity contribution is 0.439. The number of nitrogens with two attached hydrogens (primary N) is 1. The number of thiophene rings is 1. The van der Waals surface area contributed by atoms with Crippen molar-refractivity contribution in [3.63, 3.8) is 0 Å². The van der Waals surface area contributed by atoms with Crippen LogP contribution in [0.1, 0.15) is 5.56 Å². The second kappa shape index (κ2) is 5.13. The molecule has 0 spiro atoms. The van der Waals surface area contributed by atoms with Gasteiger partial charge in [0.05, 0.1) is 20.5 Å². The standard InChI is InChI=1S/C14H10Cl2N2OS/c1-7-5-6-20-13(7)12-11(14(17)19-18-12)10-8(15)3-2-4-9(10)16/h2-6H,17H2,1H3. The Morgan fingerprint density at radius 3 is 2.45 bits per heavy atom. The third-order valence-corrected chi connectivity index (χ3v) is 4.66. The van der Waals surface area contributed by atoms with Gasteiger partial charge in [0.25, 0.3) is 0 Å². The first-order valence-electron chi connectivity index (χ1n) is 5.83. The molecule has 2 aromatic heterocycles. The highest BCUT2D eigenvalue weighted by Crippen LogP contribution is 2.44. The van der Waals surface area contributed by atoms with Crippen molar-refractivity contribution in [1.29, 1.82) is 0 Å². The smallest absolute Gasteiger partial charge is 0.230 e. The van der Waals surface area contributed by atoms with Crippen molar-refractivity contribution >= 4 is 40.4 Å². The number of hydrogen-bond acceptors (Lipinski definition) is 4. The quantitative estimate of drug-likeness (QED) is 0.698. The number of aryl methyl sites for hydroxylation is 1. The molecule has 0 saturated heterocycles. The summed E-state index contributed by atoms with van der Waals surface area (Å²) < 4.78 is 5.16. The first-order chi connectivity index (χ1) is 9.59. The van der Waals surface area contributed by atoms with Crippen LogP contribution in [-0.4, -0.2) is 5.16 Å². The summed E-state index contributed by atoms with van der Waals surface area (Å²) in [6.45, 7) is 2.01. The van der Waals surface area contributed by atoms with Gasteiger partial charge < -0.3 is 10.3 Å². The van der Waals surface area contributed by atoms with Gasteiger partial charge in [-0.15, -0.1) is 11.3 Å². The van der Waals surface area contributed by atoms with Gasteiger partial charge in [-0.05, 0) is 36.1 Å². The first kappa shape index (κ1) is 13.5. The van der Waals surface area contributed by atoms with E-state index in [0.29, 0.717) is 26.9 Å². The van der Waals surface area contributed by atoms with Gasteiger partial charge in [0.15, 0.2) is 0 Å². The second-order valence-corrected chi connectivity index (χ2v) is 6.03. The Labute approximate surface area is 129 Å². The molecule has 3 nitrogen and oxygen atoms in total. The summed E-state index contributed by atoms with van der Waals surface area (Å²) in [5, 5.41) is 7.10. The Morgan fingerprint density at radius 1 is 1.15 bits per heavy atom. The first-order valence-corrected chi connectivity index (χ1v) is 7.47. The molecule has 1 aromatic carbocycles. The van der Waals surface area contributed by atoms with E-state index in [1.807, 2.05) is 18.4 Å². The third-order valence-electron chi connectivity index (χ3n) is 3.01. The zero-order valence-electron chi connectivity index (χ0n) is 10.5. The molecule has 0 amide bonds. The number of halogens is 2. The fraction of sp³-hybridized carbons (Fsp3) is 0.0714. The van der Waals surface area contributed by atoms with E-state index in [2.05, 4.69) is 5.16 Å². The Balaban J connectivity index is 2.31. The van der Waals surface area contributed by atoms with Crippen LogP contribution in [-0.2, 0) is 0 Å². The van der Waals surface area contributed by atoms with Crippen molar-refractivity contribution < 1.29 is 4.52 Å². The van der Waals surface area contributed by atoms with E-state index < -0.39 is 0 Å². The summed E-state index contributed by atoms with van der Waals surface area (Å²) in [5.74, 6) is 0.211. The number of anilines is 1. The fourth-order valence-corrected chi connectivity index (χ4v) is 3.55. The lowest BCUT2D eigenvalue weighted by Gasteiger charge is -2.07. The molecule has 2 N–H and O–H groups in total. The summed E-state index contributed by atoms with van der Waals surface area (Å²) in [6, 6.07) is 7.33. The monoisotopic (exact) mass is 324 g/mol. The van der Waals surface area contributed by atoms with Crippen LogP contribution in [0.4, 0.5) is 5.88 Å². The van der Waals surface area contributed by atoms with Gasteiger partial charge in [0, 0.05) is 5.56 Å². The molecule has 3 aromatic rings. The van der Waals surface area contributed by atoms with Gasteiger partial charge in [-0.3, -0.25) is 0 Å². The molecule has 0 bridgehead atoms. The minimum Gasteiger partial charge on any atom is -0.367 e. The van der Waals surface area contributed by atoms with Gasteiger partial charge in [0.1, 0.15) is 5.69 Å². The Bertz CT molecular complexity index is 759. The number of nitrogens with zero attached hydrogens (tertiary/aromatic N) is 1. The van der Waals surface area contributed by atoms with Crippen molar-refractivity contribution in [3.05, 3.63) is 45.3 Å². The molecular weight excluding hydrogens is 315 g/mol. The summed E-state index contributed by atoms with van der Waals surface area (Å²) in [7, 11) is 0. The van der Waals surface area contributed by atoms with Crippen molar-refractivity contribution in [1.82, 2.24) is 5.16 Å². The molecule has 0 aliphatic rings. The van der Waals surface area contributed by atoms with Crippen LogP contribution in [0, 0.1) is 6.92 Å². The van der Waals surface area contributed by atoms with Gasteiger partial charge >= 0.3 is 0 Å². The van der Waals surface area contributed by atoms with Gasteiger partial charge in [-0.1, -0.05) is 34.4 Å². The molecule has 6 heteroatoms. The average molecular weight is 325 g/mol. The number of aromatic nitrogens is 1. The Morgan fingerprint density at radius 2 is 1.85 bits per heavy atom. The average Bonchev–Trinajstić information content (AvgIpc) is 2.97. The summed E-state index contributed by atoms with van der Waals surface area (Å²) in [5.41, 5.74) is 9.00. The highest BCUT2D eigenvalue weighted by atomic mass is 35.5. The zero-order valence-corrected chi connectivity index (χ0v) is 12.8. The molecule has 20 heavy (non-hydrogen) atoms. The fourth-order valence-electron chi connectivity index (χ4n) is 2.05. The van der Waals surface area contributed by atoms with Crippen LogP contribution in [0.25, 0.3) is 21.7 Å². The largest absolute Gasteiger partial charge is 0.367 e. The van der Waals surface area contributed by atoms with E-state index in [4.69, 9.17) is 33.5 Å². The number of benzene rings is 1. The van der Waals surface area contributed by atoms with E-state index in [1.54, 1.807) is 29.5 Å². The van der Waals surface area contributed by atoms with Crippen molar-refractivity contribution in [2.75, 3.05) is 5.73 Å². The second-order valence-electron chi connectivity index (χ2n) is 4.30. The number of hydrogen-bond donors (Lipinski definition) is 1. The minimum absolute atomic E-state index is 0.211. The molecule has 2 heterocycles. The van der Waals surface area contributed by atoms with Gasteiger partial charge in [-0.2, -0.15) is 0 Å². The van der Waals surface area contributed by atoms with E-state index in [1.165, 1.54) is 0 Å². The highest BCUT2D eigenvalue weighted by molar-refractivity contribution is 7.13. The molecule has 102 valence electrons. The maximum Gasteiger partial charge on any atom is 0.230 e. The Hall–Kier alpha value is -1.49. The van der Waals surface area contributed by atoms with Crippen molar-refractivity contribution in [3.8, 4) is 21.7 Å². The molecule has 0 saturated carbocycles. The summed E-state index contributed by atoms with van der Waals surface area (Å²) in [6.07, 6.45) is 0. The lowest BCUT2D eigenvalue weighted by Crippen LogP contribution is -1.89. The molecule has 0 aliphatic heterocycles.